The second-order valence-electron chi connectivity index (χ2n) is 6.51. The van der Waals surface area contributed by atoms with Crippen LogP contribution >= 0.6 is 0 Å². The number of carbonyl (C=O) groups is 1. The largest absolute Gasteiger partial charge is 0.497 e. The molecular formula is C18H29N3O3. The number of nitrogens with zero attached hydrogens (tertiary/aromatic N) is 1. The number of urea groups is 1. The van der Waals surface area contributed by atoms with Gasteiger partial charge < -0.3 is 25.0 Å². The van der Waals surface area contributed by atoms with Gasteiger partial charge in [0.05, 0.1) is 14.2 Å². The zero-order chi connectivity index (χ0) is 17.5. The summed E-state index contributed by atoms with van der Waals surface area (Å²) in [7, 11) is 3.17. The lowest BCUT2D eigenvalue weighted by molar-refractivity contribution is 0.149. The van der Waals surface area contributed by atoms with E-state index in [0.29, 0.717) is 35.7 Å². The highest BCUT2D eigenvalue weighted by atomic mass is 16.5. The molecule has 6 nitrogen and oxygen atoms in total. The van der Waals surface area contributed by atoms with Gasteiger partial charge in [-0.15, -0.1) is 0 Å². The van der Waals surface area contributed by atoms with Crippen molar-refractivity contribution in [3.05, 3.63) is 18.2 Å². The first-order chi connectivity index (χ1) is 11.5. The van der Waals surface area contributed by atoms with E-state index < -0.39 is 0 Å². The minimum absolute atomic E-state index is 0.198. The quantitative estimate of drug-likeness (QED) is 0.839. The van der Waals surface area contributed by atoms with Crippen molar-refractivity contribution in [3.8, 4) is 11.5 Å². The van der Waals surface area contributed by atoms with Crippen molar-refractivity contribution in [3.63, 3.8) is 0 Å². The summed E-state index contributed by atoms with van der Waals surface area (Å²) in [6, 6.07) is 5.71. The molecule has 1 aliphatic rings. The van der Waals surface area contributed by atoms with Crippen LogP contribution in [0.25, 0.3) is 0 Å². The summed E-state index contributed by atoms with van der Waals surface area (Å²) < 4.78 is 10.4. The van der Waals surface area contributed by atoms with Gasteiger partial charge in [-0.3, -0.25) is 0 Å². The molecular weight excluding hydrogens is 306 g/mol. The maximum absolute atomic E-state index is 12.1. The number of methoxy groups -OCH3 is 2. The van der Waals surface area contributed by atoms with Crippen LogP contribution in [0.2, 0.25) is 0 Å². The van der Waals surface area contributed by atoms with Crippen molar-refractivity contribution in [2.24, 2.45) is 5.92 Å². The molecule has 1 fully saturated rings. The number of anilines is 1. The molecule has 24 heavy (non-hydrogen) atoms. The molecule has 0 aliphatic carbocycles. The number of hydrogen-bond acceptors (Lipinski definition) is 4. The van der Waals surface area contributed by atoms with Crippen molar-refractivity contribution >= 4 is 11.7 Å². The Morgan fingerprint density at radius 2 is 1.75 bits per heavy atom. The van der Waals surface area contributed by atoms with Gasteiger partial charge in [0.25, 0.3) is 0 Å². The van der Waals surface area contributed by atoms with Crippen molar-refractivity contribution in [1.29, 1.82) is 0 Å². The van der Waals surface area contributed by atoms with E-state index in [1.54, 1.807) is 32.4 Å². The van der Waals surface area contributed by atoms with E-state index in [4.69, 9.17) is 9.47 Å². The summed E-state index contributed by atoms with van der Waals surface area (Å²) in [4.78, 5) is 14.6. The average molecular weight is 335 g/mol. The molecule has 2 amide bonds. The van der Waals surface area contributed by atoms with Gasteiger partial charge in [0.2, 0.25) is 0 Å². The van der Waals surface area contributed by atoms with Gasteiger partial charge in [-0.2, -0.15) is 0 Å². The van der Waals surface area contributed by atoms with E-state index in [1.807, 2.05) is 0 Å². The Morgan fingerprint density at radius 3 is 2.25 bits per heavy atom. The molecule has 0 bridgehead atoms. The Bertz CT molecular complexity index is 518. The average Bonchev–Trinajstić information content (AvgIpc) is 2.59. The Morgan fingerprint density at radius 1 is 1.17 bits per heavy atom. The van der Waals surface area contributed by atoms with E-state index in [1.165, 1.54) is 0 Å². The molecule has 0 atom stereocenters. The number of nitrogens with one attached hydrogen (secondary N) is 2. The molecule has 2 rings (SSSR count). The highest BCUT2D eigenvalue weighted by Gasteiger charge is 2.21. The lowest BCUT2D eigenvalue weighted by Gasteiger charge is -2.34. The number of carbonyl (C=O) groups excluding carboxylic acids is 1. The Kier molecular flexibility index (Phi) is 6.73. The van der Waals surface area contributed by atoms with Gasteiger partial charge in [0.15, 0.2) is 0 Å². The zero-order valence-electron chi connectivity index (χ0n) is 15.1. The van der Waals surface area contributed by atoms with Crippen molar-refractivity contribution in [1.82, 2.24) is 10.2 Å². The van der Waals surface area contributed by atoms with Gasteiger partial charge in [0.1, 0.15) is 11.5 Å². The van der Waals surface area contributed by atoms with Gasteiger partial charge >= 0.3 is 6.03 Å². The number of ether oxygens (including phenoxy) is 2. The summed E-state index contributed by atoms with van der Waals surface area (Å²) in [6.07, 6.45) is 2.26. The van der Waals surface area contributed by atoms with Crippen molar-refractivity contribution in [2.75, 3.05) is 39.2 Å². The Balaban J connectivity index is 1.80. The normalized spacial score (nSPS) is 16.0. The minimum atomic E-state index is -0.198. The van der Waals surface area contributed by atoms with E-state index in [9.17, 15) is 4.79 Å². The van der Waals surface area contributed by atoms with Gasteiger partial charge in [0, 0.05) is 36.5 Å². The van der Waals surface area contributed by atoms with Crippen LogP contribution in [0.1, 0.15) is 26.7 Å². The molecule has 1 aromatic carbocycles. The van der Waals surface area contributed by atoms with E-state index >= 15 is 0 Å². The predicted octanol–water partition coefficient (Wildman–Crippen LogP) is 2.95. The van der Waals surface area contributed by atoms with Crippen LogP contribution in [0.15, 0.2) is 18.2 Å². The van der Waals surface area contributed by atoms with Crippen LogP contribution < -0.4 is 20.1 Å². The fourth-order valence-electron chi connectivity index (χ4n) is 2.97. The number of rotatable bonds is 6. The minimum Gasteiger partial charge on any atom is -0.497 e. The third-order valence-electron chi connectivity index (χ3n) is 4.54. The van der Waals surface area contributed by atoms with Crippen LogP contribution in [0.3, 0.4) is 0 Å². The first-order valence-electron chi connectivity index (χ1n) is 8.53. The maximum atomic E-state index is 12.1. The monoisotopic (exact) mass is 335 g/mol. The fraction of sp³-hybridized carbons (Fsp3) is 0.611. The van der Waals surface area contributed by atoms with Crippen molar-refractivity contribution in [2.45, 2.75) is 32.7 Å². The molecule has 1 aromatic rings. The lowest BCUT2D eigenvalue weighted by Crippen LogP contribution is -2.42. The SMILES string of the molecule is COc1cc(NC(=O)NCC2CCN(C(C)C)CC2)cc(OC)c1. The maximum Gasteiger partial charge on any atom is 0.319 e. The Hall–Kier alpha value is -1.95. The van der Waals surface area contributed by atoms with Crippen LogP contribution in [0.4, 0.5) is 10.5 Å². The third kappa shape index (κ3) is 5.30. The van der Waals surface area contributed by atoms with Crippen LogP contribution in [0.5, 0.6) is 11.5 Å². The zero-order valence-corrected chi connectivity index (χ0v) is 15.1. The third-order valence-corrected chi connectivity index (χ3v) is 4.54. The van der Waals surface area contributed by atoms with Crippen LogP contribution in [-0.2, 0) is 0 Å². The number of piperidine rings is 1. The molecule has 2 N–H and O–H groups in total. The summed E-state index contributed by atoms with van der Waals surface area (Å²) in [5.74, 6) is 1.84. The van der Waals surface area contributed by atoms with Crippen LogP contribution in [-0.4, -0.2) is 50.8 Å². The van der Waals surface area contributed by atoms with E-state index in [0.717, 1.165) is 25.9 Å². The molecule has 0 unspecified atom stereocenters. The summed E-state index contributed by atoms with van der Waals surface area (Å²) in [5, 5.41) is 5.81. The summed E-state index contributed by atoms with van der Waals surface area (Å²) in [5.41, 5.74) is 0.651. The fourth-order valence-corrected chi connectivity index (χ4v) is 2.97. The topological polar surface area (TPSA) is 62.8 Å². The smallest absolute Gasteiger partial charge is 0.319 e. The molecule has 0 aromatic heterocycles. The summed E-state index contributed by atoms with van der Waals surface area (Å²) in [6.45, 7) is 7.39. The standard InChI is InChI=1S/C18H29N3O3/c1-13(2)21-7-5-14(6-8-21)12-19-18(22)20-15-9-16(23-3)11-17(10-15)24-4/h9-11,13-14H,5-8,12H2,1-4H3,(H2,19,20,22). The van der Waals surface area contributed by atoms with Crippen LogP contribution in [0, 0.1) is 5.92 Å². The van der Waals surface area contributed by atoms with E-state index in [2.05, 4.69) is 29.4 Å². The molecule has 1 saturated heterocycles. The molecule has 1 heterocycles. The molecule has 0 radical (unpaired) electrons. The molecule has 6 heteroatoms. The Labute approximate surface area is 144 Å². The van der Waals surface area contributed by atoms with E-state index in [-0.39, 0.29) is 6.03 Å². The predicted molar refractivity (Wildman–Crippen MR) is 96.0 cm³/mol. The summed E-state index contributed by atoms with van der Waals surface area (Å²) >= 11 is 0. The second-order valence-corrected chi connectivity index (χ2v) is 6.51. The van der Waals surface area contributed by atoms with Crippen molar-refractivity contribution < 1.29 is 14.3 Å². The number of amides is 2. The van der Waals surface area contributed by atoms with Gasteiger partial charge in [-0.25, -0.2) is 4.79 Å². The lowest BCUT2D eigenvalue weighted by atomic mass is 9.96. The van der Waals surface area contributed by atoms with Gasteiger partial charge in [-0.05, 0) is 45.7 Å². The molecule has 134 valence electrons. The number of benzene rings is 1. The highest BCUT2D eigenvalue weighted by Crippen LogP contribution is 2.25. The molecule has 1 aliphatic heterocycles. The highest BCUT2D eigenvalue weighted by molar-refractivity contribution is 5.89. The second kappa shape index (κ2) is 8.78. The number of likely N-dealkylation sites (tertiary alicyclic amines) is 1. The molecule has 0 spiro atoms. The first kappa shape index (κ1) is 18.4. The first-order valence-corrected chi connectivity index (χ1v) is 8.53. The number of hydrogen-bond donors (Lipinski definition) is 2. The molecule has 0 saturated carbocycles. The van der Waals surface area contributed by atoms with Gasteiger partial charge in [-0.1, -0.05) is 0 Å².